The average molecular weight is 676 g/mol. The van der Waals surface area contributed by atoms with E-state index < -0.39 is 36.1 Å². The van der Waals surface area contributed by atoms with E-state index in [2.05, 4.69) is 9.72 Å². The fraction of sp³-hybridized carbons (Fsp3) is 0.379. The van der Waals surface area contributed by atoms with Gasteiger partial charge in [-0.1, -0.05) is 35.3 Å². The van der Waals surface area contributed by atoms with Gasteiger partial charge < -0.3 is 23.7 Å². The van der Waals surface area contributed by atoms with Crippen LogP contribution in [0.2, 0.25) is 10.0 Å². The summed E-state index contributed by atoms with van der Waals surface area (Å²) in [6, 6.07) is 9.03. The number of ether oxygens (including phenoxy) is 5. The topological polar surface area (TPSA) is 113 Å². The Balaban J connectivity index is 1.60. The van der Waals surface area contributed by atoms with Crippen LogP contribution in [0.5, 0.6) is 23.0 Å². The summed E-state index contributed by atoms with van der Waals surface area (Å²) in [7, 11) is -0.288. The van der Waals surface area contributed by atoms with Crippen molar-refractivity contribution in [2.45, 2.75) is 38.5 Å². The van der Waals surface area contributed by atoms with E-state index in [1.807, 2.05) is 0 Å². The first-order valence-corrected chi connectivity index (χ1v) is 15.3. The second-order valence-corrected chi connectivity index (χ2v) is 11.7. The van der Waals surface area contributed by atoms with Gasteiger partial charge in [0.05, 0.1) is 30.9 Å². The van der Waals surface area contributed by atoms with Gasteiger partial charge in [0.2, 0.25) is 10.9 Å². The molecule has 1 aliphatic rings. The van der Waals surface area contributed by atoms with Gasteiger partial charge >= 0.3 is 12.6 Å². The van der Waals surface area contributed by atoms with Gasteiger partial charge in [0.15, 0.2) is 23.0 Å². The zero-order chi connectivity index (χ0) is 31.8. The Hall–Kier alpha value is -3.39. The number of pyridine rings is 1. The predicted molar refractivity (Wildman–Crippen MR) is 158 cm³/mol. The summed E-state index contributed by atoms with van der Waals surface area (Å²) in [4.78, 5) is 17.2. The molecule has 1 saturated carbocycles. The van der Waals surface area contributed by atoms with Crippen molar-refractivity contribution in [1.82, 2.24) is 9.29 Å². The first kappa shape index (κ1) is 33.5. The molecule has 0 unspecified atom stereocenters. The van der Waals surface area contributed by atoms with Crippen LogP contribution in [0.15, 0.2) is 48.8 Å². The lowest BCUT2D eigenvalue weighted by atomic mass is 10.0. The van der Waals surface area contributed by atoms with Crippen LogP contribution in [0.1, 0.15) is 35.6 Å². The van der Waals surface area contributed by atoms with Crippen molar-refractivity contribution in [3.05, 3.63) is 75.5 Å². The molecule has 2 aromatic carbocycles. The van der Waals surface area contributed by atoms with E-state index in [1.54, 1.807) is 18.2 Å². The maximum atomic E-state index is 13.2. The number of thiol groups is 1. The monoisotopic (exact) mass is 674 g/mol. The first-order valence-electron chi connectivity index (χ1n) is 13.4. The van der Waals surface area contributed by atoms with Crippen LogP contribution in [0, 0.1) is 5.92 Å². The molecule has 1 fully saturated rings. The molecule has 238 valence electrons. The van der Waals surface area contributed by atoms with Crippen molar-refractivity contribution >= 4 is 40.1 Å². The number of halogens is 4. The summed E-state index contributed by atoms with van der Waals surface area (Å²) < 4.78 is 78.0. The zero-order valence-electron chi connectivity index (χ0n) is 23.7. The highest BCUT2D eigenvalue weighted by molar-refractivity contribution is 7.69. The lowest BCUT2D eigenvalue weighted by Crippen LogP contribution is -2.30. The van der Waals surface area contributed by atoms with Crippen molar-refractivity contribution in [3.63, 3.8) is 0 Å². The standard InChI is InChI=1S/C29H30Cl2F2N2O8S/c1-39-23-7-5-18(9-26(23)40-2)14-35(44(37)38)15-28(36)42-25(11-20-21(30)12-34-13-22(20)31)19-6-8-24(43-29(32)33)27(10-19)41-16-17-3-4-17/h5-10,12-13,17,25,29,44H,3-4,11,14-16H2,1-2H3/t25-/m0/s1. The molecule has 10 nitrogen and oxygen atoms in total. The maximum absolute atomic E-state index is 13.2. The molecule has 4 rings (SSSR count). The van der Waals surface area contributed by atoms with Crippen molar-refractivity contribution in [1.29, 1.82) is 0 Å². The Morgan fingerprint density at radius 2 is 1.68 bits per heavy atom. The van der Waals surface area contributed by atoms with Crippen LogP contribution in [0.3, 0.4) is 0 Å². The molecule has 0 saturated heterocycles. The molecule has 0 spiro atoms. The molecule has 1 atom stereocenters. The minimum absolute atomic E-state index is 0.0395. The molecular formula is C29H30Cl2F2N2O8S. The predicted octanol–water partition coefficient (Wildman–Crippen LogP) is 5.65. The van der Waals surface area contributed by atoms with Crippen molar-refractivity contribution in [3.8, 4) is 23.0 Å². The van der Waals surface area contributed by atoms with Gasteiger partial charge in [0, 0.05) is 25.4 Å². The second-order valence-electron chi connectivity index (χ2n) is 9.85. The summed E-state index contributed by atoms with van der Waals surface area (Å²) in [6.45, 7) is -3.56. The number of hydrogen-bond donors (Lipinski definition) is 1. The highest BCUT2D eigenvalue weighted by Gasteiger charge is 2.27. The number of benzene rings is 2. The molecule has 0 N–H and O–H groups in total. The Bertz CT molecular complexity index is 1510. The molecule has 44 heavy (non-hydrogen) atoms. The summed E-state index contributed by atoms with van der Waals surface area (Å²) in [5.41, 5.74) is 1.30. The molecule has 0 bridgehead atoms. The lowest BCUT2D eigenvalue weighted by Gasteiger charge is -2.23. The van der Waals surface area contributed by atoms with E-state index >= 15 is 0 Å². The second kappa shape index (κ2) is 15.6. The van der Waals surface area contributed by atoms with Gasteiger partial charge in [-0.2, -0.15) is 13.1 Å². The van der Waals surface area contributed by atoms with Gasteiger partial charge in [-0.25, -0.2) is 8.42 Å². The SMILES string of the molecule is COc1ccc(CN(CC(=O)O[C@@H](Cc2c(Cl)cncc2Cl)c2ccc(OC(F)F)c(OCC3CC3)c2)[SH](=O)=O)cc1OC. The number of carbonyl (C=O) groups is 1. The third-order valence-corrected chi connectivity index (χ3v) is 8.09. The maximum Gasteiger partial charge on any atom is 0.387 e. The van der Waals surface area contributed by atoms with Crippen LogP contribution in [0.4, 0.5) is 8.78 Å². The molecular weight excluding hydrogens is 645 g/mol. The number of hydrogen-bond acceptors (Lipinski definition) is 9. The minimum Gasteiger partial charge on any atom is -0.493 e. The lowest BCUT2D eigenvalue weighted by molar-refractivity contribution is -0.149. The molecule has 0 amide bonds. The average Bonchev–Trinajstić information content (AvgIpc) is 3.82. The van der Waals surface area contributed by atoms with E-state index in [9.17, 15) is 22.0 Å². The van der Waals surface area contributed by atoms with E-state index in [4.69, 9.17) is 42.1 Å². The third-order valence-electron chi connectivity index (χ3n) is 6.70. The van der Waals surface area contributed by atoms with Gasteiger partial charge in [-0.15, -0.1) is 0 Å². The van der Waals surface area contributed by atoms with E-state index in [0.717, 1.165) is 17.1 Å². The summed E-state index contributed by atoms with van der Waals surface area (Å²) >= 11 is 12.7. The largest absolute Gasteiger partial charge is 0.493 e. The Labute approximate surface area is 264 Å². The number of methoxy groups -OCH3 is 2. The molecule has 1 aliphatic carbocycles. The van der Waals surface area contributed by atoms with Crippen molar-refractivity contribution < 1.29 is 45.7 Å². The highest BCUT2D eigenvalue weighted by Crippen LogP contribution is 2.38. The summed E-state index contributed by atoms with van der Waals surface area (Å²) in [5.74, 6) is 0.129. The first-order chi connectivity index (χ1) is 21.1. The van der Waals surface area contributed by atoms with Gasteiger partial charge in [0.25, 0.3) is 0 Å². The molecule has 15 heteroatoms. The quantitative estimate of drug-likeness (QED) is 0.152. The number of carbonyl (C=O) groups excluding carboxylic acids is 1. The van der Waals surface area contributed by atoms with Gasteiger partial charge in [-0.3, -0.25) is 9.78 Å². The van der Waals surface area contributed by atoms with Crippen LogP contribution >= 0.6 is 23.2 Å². The normalized spacial score (nSPS) is 13.7. The zero-order valence-corrected chi connectivity index (χ0v) is 26.1. The molecule has 1 aromatic heterocycles. The van der Waals surface area contributed by atoms with E-state index in [-0.39, 0.29) is 34.5 Å². The van der Waals surface area contributed by atoms with Gasteiger partial charge in [-0.05, 0) is 59.7 Å². The van der Waals surface area contributed by atoms with Crippen LogP contribution in [-0.2, 0) is 33.4 Å². The fourth-order valence-electron chi connectivity index (χ4n) is 4.28. The summed E-state index contributed by atoms with van der Waals surface area (Å²) in [5, 5.41) is 0.415. The minimum atomic E-state index is -3.20. The Kier molecular flexibility index (Phi) is 11.8. The Morgan fingerprint density at radius 1 is 1.00 bits per heavy atom. The van der Waals surface area contributed by atoms with Crippen LogP contribution in [0.25, 0.3) is 0 Å². The smallest absolute Gasteiger partial charge is 0.387 e. The van der Waals surface area contributed by atoms with E-state index in [1.165, 1.54) is 44.8 Å². The number of aromatic nitrogens is 1. The highest BCUT2D eigenvalue weighted by atomic mass is 35.5. The molecule has 0 aliphatic heterocycles. The van der Waals surface area contributed by atoms with Crippen molar-refractivity contribution in [2.24, 2.45) is 5.92 Å². The van der Waals surface area contributed by atoms with Gasteiger partial charge in [0.1, 0.15) is 12.6 Å². The van der Waals surface area contributed by atoms with Crippen LogP contribution < -0.4 is 18.9 Å². The molecule has 1 heterocycles. The fourth-order valence-corrected chi connectivity index (χ4v) is 5.30. The summed E-state index contributed by atoms with van der Waals surface area (Å²) in [6.07, 6.45) is 3.56. The van der Waals surface area contributed by atoms with E-state index in [0.29, 0.717) is 40.7 Å². The molecule has 0 radical (unpaired) electrons. The number of rotatable bonds is 16. The number of alkyl halides is 2. The number of esters is 1. The number of nitrogens with zero attached hydrogens (tertiary/aromatic N) is 2. The molecule has 3 aromatic rings. The third kappa shape index (κ3) is 9.31. The van der Waals surface area contributed by atoms with Crippen LogP contribution in [-0.4, -0.2) is 57.7 Å². The Morgan fingerprint density at radius 3 is 2.30 bits per heavy atom. The van der Waals surface area contributed by atoms with Crippen molar-refractivity contribution in [2.75, 3.05) is 27.4 Å².